The molecule has 13 heavy (non-hydrogen) atoms. The van der Waals surface area contributed by atoms with Crippen molar-refractivity contribution < 1.29 is 4.79 Å². The number of carbonyl (C=O) groups excluding carboxylic acids is 1. The summed E-state index contributed by atoms with van der Waals surface area (Å²) in [7, 11) is 0. The van der Waals surface area contributed by atoms with Gasteiger partial charge in [-0.05, 0) is 0 Å². The monoisotopic (exact) mass is 178 g/mol. The molecule has 0 saturated carbocycles. The van der Waals surface area contributed by atoms with Gasteiger partial charge in [-0.2, -0.15) is 5.10 Å². The molecular formula is C8H10N4O. The maximum absolute atomic E-state index is 11.1. The van der Waals surface area contributed by atoms with Crippen molar-refractivity contribution in [3.05, 3.63) is 12.7 Å². The number of aromatic nitrogens is 3. The van der Waals surface area contributed by atoms with Crippen LogP contribution in [0.1, 0.15) is 6.42 Å². The topological polar surface area (TPSA) is 59.8 Å². The van der Waals surface area contributed by atoms with Gasteiger partial charge in [0.15, 0.2) is 0 Å². The minimum Gasteiger partial charge on any atom is -0.354 e. The molecule has 5 heteroatoms. The summed E-state index contributed by atoms with van der Waals surface area (Å²) in [6, 6.07) is 0. The van der Waals surface area contributed by atoms with Gasteiger partial charge in [-0.1, -0.05) is 0 Å². The standard InChI is InChI=1S/C8H10N4O/c1-2-3-4-10-8(13)5-12-7-9-6-11-12/h1,6-7H,3-5H2,(H,10,13). The fourth-order valence-electron chi connectivity index (χ4n) is 0.792. The van der Waals surface area contributed by atoms with Crippen molar-refractivity contribution in [2.45, 2.75) is 13.0 Å². The lowest BCUT2D eigenvalue weighted by molar-refractivity contribution is -0.121. The number of hydrogen-bond acceptors (Lipinski definition) is 3. The molecule has 0 radical (unpaired) electrons. The normalized spacial score (nSPS) is 9.15. The van der Waals surface area contributed by atoms with Crippen LogP contribution in [0.2, 0.25) is 0 Å². The predicted molar refractivity (Wildman–Crippen MR) is 46.5 cm³/mol. The quantitative estimate of drug-likeness (QED) is 0.495. The predicted octanol–water partition coefficient (Wildman–Crippen LogP) is -0.582. The van der Waals surface area contributed by atoms with Crippen molar-refractivity contribution in [2.75, 3.05) is 6.54 Å². The van der Waals surface area contributed by atoms with Gasteiger partial charge in [0.25, 0.3) is 0 Å². The molecule has 0 unspecified atom stereocenters. The highest BCUT2D eigenvalue weighted by Gasteiger charge is 2.00. The minimum atomic E-state index is -0.110. The summed E-state index contributed by atoms with van der Waals surface area (Å²) in [5, 5.41) is 6.44. The summed E-state index contributed by atoms with van der Waals surface area (Å²) in [4.78, 5) is 14.8. The van der Waals surface area contributed by atoms with Gasteiger partial charge in [0.2, 0.25) is 5.91 Å². The van der Waals surface area contributed by atoms with Gasteiger partial charge in [0.1, 0.15) is 19.2 Å². The second-order valence-electron chi connectivity index (χ2n) is 2.40. The molecule has 1 N–H and O–H groups in total. The second kappa shape index (κ2) is 4.93. The largest absolute Gasteiger partial charge is 0.354 e. The van der Waals surface area contributed by atoms with Crippen molar-refractivity contribution in [3.8, 4) is 12.3 Å². The van der Waals surface area contributed by atoms with Gasteiger partial charge < -0.3 is 5.32 Å². The molecule has 1 aromatic heterocycles. The molecule has 5 nitrogen and oxygen atoms in total. The number of rotatable bonds is 4. The number of nitrogens with zero attached hydrogens (tertiary/aromatic N) is 3. The molecule has 0 spiro atoms. The Labute approximate surface area is 76.2 Å². The summed E-state index contributed by atoms with van der Waals surface area (Å²) >= 11 is 0. The summed E-state index contributed by atoms with van der Waals surface area (Å²) in [6.07, 6.45) is 8.44. The molecule has 1 aromatic rings. The Balaban J connectivity index is 2.23. The van der Waals surface area contributed by atoms with Crippen LogP contribution >= 0.6 is 0 Å². The maximum Gasteiger partial charge on any atom is 0.241 e. The molecule has 0 bridgehead atoms. The van der Waals surface area contributed by atoms with Crippen molar-refractivity contribution >= 4 is 5.91 Å². The van der Waals surface area contributed by atoms with Crippen LogP contribution in [0.25, 0.3) is 0 Å². The Morgan fingerprint density at radius 2 is 2.54 bits per heavy atom. The van der Waals surface area contributed by atoms with E-state index in [0.29, 0.717) is 13.0 Å². The fourth-order valence-corrected chi connectivity index (χ4v) is 0.792. The van der Waals surface area contributed by atoms with Crippen LogP contribution < -0.4 is 5.32 Å². The molecule has 0 fully saturated rings. The van der Waals surface area contributed by atoms with E-state index in [2.05, 4.69) is 21.3 Å². The molecule has 0 saturated heterocycles. The van der Waals surface area contributed by atoms with Crippen LogP contribution in [0, 0.1) is 12.3 Å². The van der Waals surface area contributed by atoms with Crippen molar-refractivity contribution in [1.29, 1.82) is 0 Å². The van der Waals surface area contributed by atoms with Crippen LogP contribution in [0.5, 0.6) is 0 Å². The van der Waals surface area contributed by atoms with E-state index in [4.69, 9.17) is 6.42 Å². The van der Waals surface area contributed by atoms with E-state index in [0.717, 1.165) is 0 Å². The smallest absolute Gasteiger partial charge is 0.241 e. The van der Waals surface area contributed by atoms with Crippen molar-refractivity contribution in [2.24, 2.45) is 0 Å². The lowest BCUT2D eigenvalue weighted by atomic mass is 10.4. The van der Waals surface area contributed by atoms with E-state index in [1.165, 1.54) is 17.3 Å². The Morgan fingerprint density at radius 3 is 3.15 bits per heavy atom. The van der Waals surface area contributed by atoms with Gasteiger partial charge in [-0.15, -0.1) is 12.3 Å². The highest BCUT2D eigenvalue weighted by atomic mass is 16.2. The number of amides is 1. The van der Waals surface area contributed by atoms with Gasteiger partial charge in [-0.3, -0.25) is 4.79 Å². The zero-order chi connectivity index (χ0) is 9.52. The fraction of sp³-hybridized carbons (Fsp3) is 0.375. The average Bonchev–Trinajstić information content (AvgIpc) is 2.57. The van der Waals surface area contributed by atoms with Crippen LogP contribution in [-0.4, -0.2) is 27.2 Å². The van der Waals surface area contributed by atoms with Gasteiger partial charge in [0, 0.05) is 13.0 Å². The zero-order valence-corrected chi connectivity index (χ0v) is 7.10. The summed E-state index contributed by atoms with van der Waals surface area (Å²) in [6.45, 7) is 0.689. The van der Waals surface area contributed by atoms with E-state index < -0.39 is 0 Å². The Kier molecular flexibility index (Phi) is 3.51. The van der Waals surface area contributed by atoms with Gasteiger partial charge in [-0.25, -0.2) is 9.67 Å². The molecule has 0 atom stereocenters. The molecular weight excluding hydrogens is 168 g/mol. The summed E-state index contributed by atoms with van der Waals surface area (Å²) in [5.74, 6) is 2.32. The first-order valence-corrected chi connectivity index (χ1v) is 3.85. The number of hydrogen-bond donors (Lipinski definition) is 1. The zero-order valence-electron chi connectivity index (χ0n) is 7.10. The molecule has 68 valence electrons. The van der Waals surface area contributed by atoms with Crippen LogP contribution in [-0.2, 0) is 11.3 Å². The molecule has 0 aromatic carbocycles. The lowest BCUT2D eigenvalue weighted by Crippen LogP contribution is -2.28. The number of carbonyl (C=O) groups is 1. The number of terminal acetylenes is 1. The first-order valence-electron chi connectivity index (χ1n) is 3.85. The third-order valence-electron chi connectivity index (χ3n) is 1.36. The van der Waals surface area contributed by atoms with Gasteiger partial charge >= 0.3 is 0 Å². The number of nitrogens with one attached hydrogen (secondary N) is 1. The molecule has 1 amide bonds. The maximum atomic E-state index is 11.1. The Bertz CT molecular complexity index is 298. The van der Waals surface area contributed by atoms with Crippen molar-refractivity contribution in [3.63, 3.8) is 0 Å². The second-order valence-corrected chi connectivity index (χ2v) is 2.40. The third kappa shape index (κ3) is 3.38. The van der Waals surface area contributed by atoms with Crippen LogP contribution in [0.15, 0.2) is 12.7 Å². The molecule has 1 rings (SSSR count). The van der Waals surface area contributed by atoms with E-state index in [9.17, 15) is 4.79 Å². The summed E-state index contributed by atoms with van der Waals surface area (Å²) in [5.41, 5.74) is 0. The highest BCUT2D eigenvalue weighted by Crippen LogP contribution is 1.80. The van der Waals surface area contributed by atoms with Crippen LogP contribution in [0.3, 0.4) is 0 Å². The van der Waals surface area contributed by atoms with E-state index in [1.54, 1.807) is 0 Å². The van der Waals surface area contributed by atoms with E-state index >= 15 is 0 Å². The van der Waals surface area contributed by atoms with Crippen molar-refractivity contribution in [1.82, 2.24) is 20.1 Å². The molecule has 0 aliphatic carbocycles. The highest BCUT2D eigenvalue weighted by molar-refractivity contribution is 5.75. The molecule has 1 heterocycles. The SMILES string of the molecule is C#CCCNC(=O)Cn1cncn1. The first-order chi connectivity index (χ1) is 6.33. The minimum absolute atomic E-state index is 0.110. The van der Waals surface area contributed by atoms with E-state index in [-0.39, 0.29) is 12.5 Å². The average molecular weight is 178 g/mol. The summed E-state index contributed by atoms with van der Waals surface area (Å²) < 4.78 is 1.45. The van der Waals surface area contributed by atoms with Gasteiger partial charge in [0.05, 0.1) is 0 Å². The first kappa shape index (κ1) is 9.26. The Hall–Kier alpha value is -1.83. The van der Waals surface area contributed by atoms with E-state index in [1.807, 2.05) is 0 Å². The third-order valence-corrected chi connectivity index (χ3v) is 1.36. The molecule has 0 aliphatic heterocycles. The molecule has 0 aliphatic rings. The van der Waals surface area contributed by atoms with Crippen LogP contribution in [0.4, 0.5) is 0 Å². The Morgan fingerprint density at radius 1 is 1.69 bits per heavy atom. The lowest BCUT2D eigenvalue weighted by Gasteiger charge is -2.01.